The quantitative estimate of drug-likeness (QED) is 0.783. The van der Waals surface area contributed by atoms with Crippen LogP contribution >= 0.6 is 0 Å². The monoisotopic (exact) mass is 338 g/mol. The third-order valence-corrected chi connectivity index (χ3v) is 7.23. The number of hydrogen-bond donors (Lipinski definition) is 1. The zero-order valence-electron chi connectivity index (χ0n) is 15.9. The van der Waals surface area contributed by atoms with E-state index in [4.69, 9.17) is 9.57 Å². The van der Waals surface area contributed by atoms with E-state index in [2.05, 4.69) is 44.7 Å². The van der Waals surface area contributed by atoms with Crippen LogP contribution in [0.25, 0.3) is 0 Å². The van der Waals surface area contributed by atoms with Gasteiger partial charge in [0.15, 0.2) is 0 Å². The number of fused-ring (bicyclic) bond motifs is 2. The number of rotatable bonds is 5. The van der Waals surface area contributed by atoms with Crippen LogP contribution in [0.3, 0.4) is 0 Å². The Morgan fingerprint density at radius 3 is 2.50 bits per heavy atom. The summed E-state index contributed by atoms with van der Waals surface area (Å²) in [6.07, 6.45) is 3.05. The van der Waals surface area contributed by atoms with Crippen LogP contribution in [0.15, 0.2) is 5.16 Å². The van der Waals surface area contributed by atoms with Gasteiger partial charge in [0.25, 0.3) is 0 Å². The molecule has 1 saturated heterocycles. The molecule has 1 N–H and O–H groups in total. The van der Waals surface area contributed by atoms with Gasteiger partial charge < -0.3 is 14.7 Å². The Balaban J connectivity index is 1.51. The Hall–Kier alpha value is -0.650. The first-order valence-corrected chi connectivity index (χ1v) is 9.46. The largest absolute Gasteiger partial charge is 0.393 e. The van der Waals surface area contributed by atoms with Crippen molar-refractivity contribution in [1.82, 2.24) is 4.90 Å². The lowest BCUT2D eigenvalue weighted by molar-refractivity contribution is -0.0648. The maximum atomic E-state index is 10.3. The van der Waals surface area contributed by atoms with Crippen molar-refractivity contribution in [2.45, 2.75) is 72.1 Å². The molecule has 0 radical (unpaired) electrons. The lowest BCUT2D eigenvalue weighted by atomic mass is 9.70. The molecular weight excluding hydrogens is 304 g/mol. The van der Waals surface area contributed by atoms with Crippen LogP contribution < -0.4 is 0 Å². The molecule has 2 saturated carbocycles. The summed E-state index contributed by atoms with van der Waals surface area (Å²) < 4.78 is 5.54. The number of ether oxygens (including phenoxy) is 1. The molecule has 0 amide bonds. The first kappa shape index (κ1) is 18.2. The van der Waals surface area contributed by atoms with Crippen LogP contribution in [0.4, 0.5) is 0 Å². The van der Waals surface area contributed by atoms with Gasteiger partial charge in [-0.15, -0.1) is 0 Å². The minimum atomic E-state index is -0.517. The molecular formula is C19H34N2O3. The normalized spacial score (nSPS) is 41.8. The summed E-state index contributed by atoms with van der Waals surface area (Å²) in [7, 11) is 0. The predicted octanol–water partition coefficient (Wildman–Crippen LogP) is 2.68. The van der Waals surface area contributed by atoms with Crippen molar-refractivity contribution in [1.29, 1.82) is 0 Å². The number of hydrogen-bond acceptors (Lipinski definition) is 5. The second-order valence-electron chi connectivity index (χ2n) is 8.91. The second-order valence-corrected chi connectivity index (χ2v) is 8.91. The molecule has 0 aromatic rings. The van der Waals surface area contributed by atoms with Gasteiger partial charge in [-0.1, -0.05) is 25.9 Å². The van der Waals surface area contributed by atoms with E-state index in [1.165, 1.54) is 18.6 Å². The summed E-state index contributed by atoms with van der Waals surface area (Å²) in [5.74, 6) is 0.727. The maximum absolute atomic E-state index is 10.3. The van der Waals surface area contributed by atoms with Crippen LogP contribution in [0.5, 0.6) is 0 Å². The van der Waals surface area contributed by atoms with E-state index >= 15 is 0 Å². The third kappa shape index (κ3) is 2.99. The molecule has 24 heavy (non-hydrogen) atoms. The van der Waals surface area contributed by atoms with E-state index in [1.807, 2.05) is 0 Å². The Bertz CT molecular complexity index is 483. The fraction of sp³-hybridized carbons (Fsp3) is 0.947. The van der Waals surface area contributed by atoms with Gasteiger partial charge in [0.05, 0.1) is 18.9 Å². The van der Waals surface area contributed by atoms with Crippen LogP contribution in [-0.4, -0.2) is 60.3 Å². The van der Waals surface area contributed by atoms with E-state index in [-0.39, 0.29) is 12.0 Å². The summed E-state index contributed by atoms with van der Waals surface area (Å²) in [5.41, 5.74) is 1.67. The minimum absolute atomic E-state index is 0.163. The average Bonchev–Trinajstić information content (AvgIpc) is 2.84. The molecule has 5 nitrogen and oxygen atoms in total. The van der Waals surface area contributed by atoms with E-state index in [1.54, 1.807) is 0 Å². The Labute approximate surface area is 146 Å². The molecule has 2 bridgehead atoms. The highest BCUT2D eigenvalue weighted by Crippen LogP contribution is 2.63. The molecule has 0 aromatic heterocycles. The SMILES string of the molecule is CC1COCC(C)N1CC(O)CO/N=C1\CC2CCC1(C)C2(C)C. The van der Waals surface area contributed by atoms with Gasteiger partial charge >= 0.3 is 0 Å². The minimum Gasteiger partial charge on any atom is -0.393 e. The lowest BCUT2D eigenvalue weighted by Crippen LogP contribution is -2.52. The molecule has 5 heteroatoms. The van der Waals surface area contributed by atoms with Crippen molar-refractivity contribution in [2.24, 2.45) is 21.9 Å². The Kier molecular flexibility index (Phi) is 4.98. The molecule has 3 aliphatic rings. The topological polar surface area (TPSA) is 54.3 Å². The highest BCUT2D eigenvalue weighted by molar-refractivity contribution is 5.93. The lowest BCUT2D eigenvalue weighted by Gasteiger charge is -2.39. The molecule has 0 spiro atoms. The van der Waals surface area contributed by atoms with Crippen molar-refractivity contribution < 1.29 is 14.7 Å². The number of β-amino-alcohol motifs (C(OH)–C–C–N with tert-alkyl or cyclic N) is 1. The third-order valence-electron chi connectivity index (χ3n) is 7.23. The maximum Gasteiger partial charge on any atom is 0.144 e. The predicted molar refractivity (Wildman–Crippen MR) is 95.1 cm³/mol. The van der Waals surface area contributed by atoms with E-state index < -0.39 is 6.10 Å². The van der Waals surface area contributed by atoms with Crippen LogP contribution in [0.1, 0.15) is 53.9 Å². The summed E-state index contributed by atoms with van der Waals surface area (Å²) >= 11 is 0. The Morgan fingerprint density at radius 2 is 1.96 bits per heavy atom. The number of aliphatic hydroxyl groups excluding tert-OH is 1. The van der Waals surface area contributed by atoms with Gasteiger partial charge in [-0.05, 0) is 44.4 Å². The van der Waals surface area contributed by atoms with Gasteiger partial charge in [-0.2, -0.15) is 0 Å². The van der Waals surface area contributed by atoms with Crippen LogP contribution in [-0.2, 0) is 9.57 Å². The molecule has 1 heterocycles. The van der Waals surface area contributed by atoms with Crippen LogP contribution in [0, 0.1) is 16.7 Å². The van der Waals surface area contributed by atoms with E-state index in [0.717, 1.165) is 25.6 Å². The van der Waals surface area contributed by atoms with Gasteiger partial charge in [-0.3, -0.25) is 4.90 Å². The van der Waals surface area contributed by atoms with Gasteiger partial charge in [-0.25, -0.2) is 0 Å². The van der Waals surface area contributed by atoms with Crippen molar-refractivity contribution in [3.8, 4) is 0 Å². The van der Waals surface area contributed by atoms with E-state index in [0.29, 0.717) is 24.0 Å². The van der Waals surface area contributed by atoms with Crippen LogP contribution in [0.2, 0.25) is 0 Å². The molecule has 5 unspecified atom stereocenters. The van der Waals surface area contributed by atoms with Crippen molar-refractivity contribution >= 4 is 5.71 Å². The number of aliphatic hydroxyl groups is 1. The zero-order chi connectivity index (χ0) is 17.5. The fourth-order valence-electron chi connectivity index (χ4n) is 4.96. The number of nitrogens with zero attached hydrogens (tertiary/aromatic N) is 2. The van der Waals surface area contributed by atoms with E-state index in [9.17, 15) is 5.11 Å². The van der Waals surface area contributed by atoms with Crippen molar-refractivity contribution in [3.05, 3.63) is 0 Å². The molecule has 2 aliphatic carbocycles. The second kappa shape index (κ2) is 6.58. The average molecular weight is 338 g/mol. The molecule has 1 aliphatic heterocycles. The van der Waals surface area contributed by atoms with Gasteiger partial charge in [0.1, 0.15) is 12.7 Å². The molecule has 3 rings (SSSR count). The highest BCUT2D eigenvalue weighted by Gasteiger charge is 2.60. The van der Waals surface area contributed by atoms with Gasteiger partial charge in [0, 0.05) is 24.0 Å². The smallest absolute Gasteiger partial charge is 0.144 e. The molecule has 138 valence electrons. The molecule has 0 aromatic carbocycles. The zero-order valence-corrected chi connectivity index (χ0v) is 15.9. The number of morpholine rings is 1. The molecule has 3 fully saturated rings. The van der Waals surface area contributed by atoms with Gasteiger partial charge in [0.2, 0.25) is 0 Å². The number of oxime groups is 1. The highest BCUT2D eigenvalue weighted by atomic mass is 16.6. The summed E-state index contributed by atoms with van der Waals surface area (Å²) in [6.45, 7) is 13.7. The first-order chi connectivity index (χ1) is 11.3. The summed E-state index contributed by atoms with van der Waals surface area (Å²) in [6, 6.07) is 0.667. The van der Waals surface area contributed by atoms with Crippen molar-refractivity contribution in [2.75, 3.05) is 26.4 Å². The van der Waals surface area contributed by atoms with Crippen molar-refractivity contribution in [3.63, 3.8) is 0 Å². The summed E-state index contributed by atoms with van der Waals surface area (Å²) in [4.78, 5) is 7.88. The molecule has 5 atom stereocenters. The first-order valence-electron chi connectivity index (χ1n) is 9.46. The summed E-state index contributed by atoms with van der Waals surface area (Å²) in [5, 5.41) is 14.8. The fourth-order valence-corrected chi connectivity index (χ4v) is 4.96. The standard InChI is InChI=1S/C19H34N2O3/c1-13-10-23-11-14(2)21(13)9-16(22)12-24-20-17-8-15-6-7-19(17,5)18(15,3)4/h13-16,22H,6-12H2,1-5H3/b20-17+. The Morgan fingerprint density at radius 1 is 1.29 bits per heavy atom.